The first kappa shape index (κ1) is 17.4. The summed E-state index contributed by atoms with van der Waals surface area (Å²) in [6, 6.07) is 4.76. The molecule has 0 saturated carbocycles. The summed E-state index contributed by atoms with van der Waals surface area (Å²) < 4.78 is 40.1. The van der Waals surface area contributed by atoms with Crippen LogP contribution in [0.1, 0.15) is 20.3 Å². The molecule has 23 heavy (non-hydrogen) atoms. The molecule has 1 unspecified atom stereocenters. The van der Waals surface area contributed by atoms with Crippen LogP contribution in [0.15, 0.2) is 24.3 Å². The van der Waals surface area contributed by atoms with Gasteiger partial charge in [-0.3, -0.25) is 0 Å². The van der Waals surface area contributed by atoms with Gasteiger partial charge in [-0.15, -0.1) is 13.2 Å². The van der Waals surface area contributed by atoms with Crippen molar-refractivity contribution in [1.82, 2.24) is 4.90 Å². The van der Waals surface area contributed by atoms with Crippen molar-refractivity contribution in [3.05, 3.63) is 24.3 Å². The number of anilines is 1. The molecule has 5 nitrogen and oxygen atoms in total. The second kappa shape index (κ2) is 6.27. The highest BCUT2D eigenvalue weighted by Gasteiger charge is 2.35. The Labute approximate surface area is 132 Å². The van der Waals surface area contributed by atoms with Gasteiger partial charge in [0.05, 0.1) is 0 Å². The predicted octanol–water partition coefficient (Wildman–Crippen LogP) is 3.18. The van der Waals surface area contributed by atoms with Gasteiger partial charge in [0.2, 0.25) is 0 Å². The lowest BCUT2D eigenvalue weighted by atomic mass is 9.80. The minimum absolute atomic E-state index is 0.0327. The van der Waals surface area contributed by atoms with Crippen LogP contribution in [0, 0.1) is 5.41 Å². The van der Waals surface area contributed by atoms with Crippen LogP contribution in [-0.2, 0) is 0 Å². The average molecular weight is 331 g/mol. The number of nitrogens with zero attached hydrogens (tertiary/aromatic N) is 1. The molecule has 1 aromatic carbocycles. The highest BCUT2D eigenvalue weighted by molar-refractivity contribution is 5.89. The highest BCUT2D eigenvalue weighted by Crippen LogP contribution is 2.28. The topological polar surface area (TPSA) is 67.6 Å². The van der Waals surface area contributed by atoms with Gasteiger partial charge in [0, 0.05) is 24.8 Å². The van der Waals surface area contributed by atoms with Gasteiger partial charge in [-0.05, 0) is 36.1 Å². The zero-order chi connectivity index (χ0) is 17.3. The minimum atomic E-state index is -4.73. The van der Waals surface area contributed by atoms with Gasteiger partial charge in [0.25, 0.3) is 0 Å². The van der Waals surface area contributed by atoms with Crippen molar-refractivity contribution in [2.45, 2.75) is 32.7 Å². The summed E-state index contributed by atoms with van der Waals surface area (Å²) in [6.45, 7) is 5.07. The molecule has 1 aliphatic rings. The first-order chi connectivity index (χ1) is 10.6. The SMILES string of the molecule is CC1(C)CN(C(=O)Nc2ccc(OC(F)(F)F)cc2)CCC1N. The van der Waals surface area contributed by atoms with Crippen molar-refractivity contribution in [3.63, 3.8) is 0 Å². The Bertz CT molecular complexity index is 558. The number of alkyl halides is 3. The number of benzene rings is 1. The number of carbonyl (C=O) groups is 1. The maximum Gasteiger partial charge on any atom is 0.573 e. The Balaban J connectivity index is 1.95. The Hall–Kier alpha value is -1.96. The van der Waals surface area contributed by atoms with Crippen LogP contribution in [0.5, 0.6) is 5.75 Å². The van der Waals surface area contributed by atoms with E-state index in [-0.39, 0.29) is 23.2 Å². The van der Waals surface area contributed by atoms with Gasteiger partial charge in [-0.2, -0.15) is 0 Å². The molecule has 3 N–H and O–H groups in total. The Morgan fingerprint density at radius 1 is 1.35 bits per heavy atom. The number of urea groups is 1. The fraction of sp³-hybridized carbons (Fsp3) is 0.533. The van der Waals surface area contributed by atoms with Gasteiger partial charge >= 0.3 is 12.4 Å². The van der Waals surface area contributed by atoms with Crippen LogP contribution in [0.25, 0.3) is 0 Å². The highest BCUT2D eigenvalue weighted by atomic mass is 19.4. The molecule has 1 atom stereocenters. The van der Waals surface area contributed by atoms with E-state index in [1.165, 1.54) is 12.1 Å². The number of carbonyl (C=O) groups excluding carboxylic acids is 1. The van der Waals surface area contributed by atoms with Crippen molar-refractivity contribution in [2.24, 2.45) is 11.1 Å². The van der Waals surface area contributed by atoms with E-state index >= 15 is 0 Å². The summed E-state index contributed by atoms with van der Waals surface area (Å²) in [4.78, 5) is 13.9. The number of amides is 2. The van der Waals surface area contributed by atoms with Crippen LogP contribution in [0.2, 0.25) is 0 Å². The predicted molar refractivity (Wildman–Crippen MR) is 80.1 cm³/mol. The van der Waals surface area contributed by atoms with Crippen molar-refractivity contribution < 1.29 is 22.7 Å². The van der Waals surface area contributed by atoms with Crippen LogP contribution in [0.3, 0.4) is 0 Å². The van der Waals surface area contributed by atoms with Gasteiger partial charge in [-0.1, -0.05) is 13.8 Å². The molecule has 0 radical (unpaired) electrons. The van der Waals surface area contributed by atoms with Gasteiger partial charge in [0.15, 0.2) is 0 Å². The monoisotopic (exact) mass is 331 g/mol. The molecule has 128 valence electrons. The molecule has 0 aromatic heterocycles. The maximum absolute atomic E-state index is 12.2. The molecule has 2 amide bonds. The number of piperidine rings is 1. The van der Waals surface area contributed by atoms with E-state index in [1.54, 1.807) is 4.90 Å². The number of nitrogens with two attached hydrogens (primary N) is 1. The molecule has 1 aromatic rings. The van der Waals surface area contributed by atoms with E-state index in [9.17, 15) is 18.0 Å². The van der Waals surface area contributed by atoms with Crippen LogP contribution >= 0.6 is 0 Å². The molecule has 8 heteroatoms. The second-order valence-electron chi connectivity index (χ2n) is 6.31. The fourth-order valence-electron chi connectivity index (χ4n) is 2.49. The third-order valence-electron chi connectivity index (χ3n) is 3.94. The first-order valence-corrected chi connectivity index (χ1v) is 7.24. The largest absolute Gasteiger partial charge is 0.573 e. The summed E-state index contributed by atoms with van der Waals surface area (Å²) in [7, 11) is 0. The maximum atomic E-state index is 12.2. The second-order valence-corrected chi connectivity index (χ2v) is 6.31. The molecular formula is C15H20F3N3O2. The van der Waals surface area contributed by atoms with E-state index in [0.29, 0.717) is 25.2 Å². The summed E-state index contributed by atoms with van der Waals surface area (Å²) in [5.41, 5.74) is 6.25. The minimum Gasteiger partial charge on any atom is -0.406 e. The molecular weight excluding hydrogens is 311 g/mol. The Morgan fingerprint density at radius 3 is 2.48 bits per heavy atom. The number of hydrogen-bond donors (Lipinski definition) is 2. The summed E-state index contributed by atoms with van der Waals surface area (Å²) in [6.07, 6.45) is -4.03. The van der Waals surface area contributed by atoms with Crippen LogP contribution in [-0.4, -0.2) is 36.4 Å². The lowest BCUT2D eigenvalue weighted by Gasteiger charge is -2.42. The quantitative estimate of drug-likeness (QED) is 0.875. The zero-order valence-corrected chi connectivity index (χ0v) is 13.0. The molecule has 1 heterocycles. The number of likely N-dealkylation sites (tertiary alicyclic amines) is 1. The lowest BCUT2D eigenvalue weighted by Crippen LogP contribution is -2.54. The molecule has 1 fully saturated rings. The van der Waals surface area contributed by atoms with E-state index in [0.717, 1.165) is 12.1 Å². The molecule has 2 rings (SSSR count). The molecule has 0 bridgehead atoms. The number of hydrogen-bond acceptors (Lipinski definition) is 3. The van der Waals surface area contributed by atoms with Crippen molar-refractivity contribution in [2.75, 3.05) is 18.4 Å². The van der Waals surface area contributed by atoms with E-state index in [1.807, 2.05) is 13.8 Å². The summed E-state index contributed by atoms with van der Waals surface area (Å²) in [5, 5.41) is 2.66. The molecule has 1 aliphatic heterocycles. The molecule has 0 aliphatic carbocycles. The van der Waals surface area contributed by atoms with E-state index in [4.69, 9.17) is 5.73 Å². The zero-order valence-electron chi connectivity index (χ0n) is 13.0. The lowest BCUT2D eigenvalue weighted by molar-refractivity contribution is -0.274. The smallest absolute Gasteiger partial charge is 0.406 e. The van der Waals surface area contributed by atoms with Crippen molar-refractivity contribution >= 4 is 11.7 Å². The third kappa shape index (κ3) is 4.75. The first-order valence-electron chi connectivity index (χ1n) is 7.24. The number of halogens is 3. The Morgan fingerprint density at radius 2 is 1.96 bits per heavy atom. The number of ether oxygens (including phenoxy) is 1. The van der Waals surface area contributed by atoms with Crippen molar-refractivity contribution in [1.29, 1.82) is 0 Å². The average Bonchev–Trinajstić information content (AvgIpc) is 2.42. The summed E-state index contributed by atoms with van der Waals surface area (Å²) in [5.74, 6) is -0.333. The van der Waals surface area contributed by atoms with Crippen LogP contribution < -0.4 is 15.8 Å². The van der Waals surface area contributed by atoms with Gasteiger partial charge in [0.1, 0.15) is 5.75 Å². The number of nitrogens with one attached hydrogen (secondary N) is 1. The Kier molecular flexibility index (Phi) is 4.74. The van der Waals surface area contributed by atoms with Gasteiger partial charge in [-0.25, -0.2) is 4.79 Å². The van der Waals surface area contributed by atoms with Crippen LogP contribution in [0.4, 0.5) is 23.7 Å². The standard InChI is InChI=1S/C15H20F3N3O2/c1-14(2)9-21(8-7-12(14)19)13(22)20-10-3-5-11(6-4-10)23-15(16,17)18/h3-6,12H,7-9,19H2,1-2H3,(H,20,22). The molecule has 0 spiro atoms. The van der Waals surface area contributed by atoms with E-state index in [2.05, 4.69) is 10.1 Å². The normalized spacial score (nSPS) is 21.0. The third-order valence-corrected chi connectivity index (χ3v) is 3.94. The molecule has 1 saturated heterocycles. The van der Waals surface area contributed by atoms with Gasteiger partial charge < -0.3 is 20.7 Å². The fourth-order valence-corrected chi connectivity index (χ4v) is 2.49. The number of rotatable bonds is 2. The summed E-state index contributed by atoms with van der Waals surface area (Å²) >= 11 is 0. The van der Waals surface area contributed by atoms with E-state index < -0.39 is 6.36 Å². The van der Waals surface area contributed by atoms with Crippen molar-refractivity contribution in [3.8, 4) is 5.75 Å².